The van der Waals surface area contributed by atoms with Crippen LogP contribution in [0.15, 0.2) is 36.8 Å². The standard InChI is InChI=1S/C22H22N6O3/c1-29-19-8-15-14-7-17(13-10-25-22(26-11-13)28-3-5-31-6-4-28)27-21(23)16(14)12-24-18(15)9-20(19)30-2/h7-12H,3-6H2,1-2H3,(H2,23,27). The van der Waals surface area contributed by atoms with Gasteiger partial charge in [-0.15, -0.1) is 0 Å². The molecule has 1 aliphatic rings. The summed E-state index contributed by atoms with van der Waals surface area (Å²) >= 11 is 0. The van der Waals surface area contributed by atoms with E-state index in [4.69, 9.17) is 19.9 Å². The summed E-state index contributed by atoms with van der Waals surface area (Å²) in [5.41, 5.74) is 8.55. The van der Waals surface area contributed by atoms with Crippen molar-refractivity contribution in [1.82, 2.24) is 19.9 Å². The molecule has 0 saturated carbocycles. The van der Waals surface area contributed by atoms with E-state index in [2.05, 4.69) is 24.8 Å². The molecule has 0 aliphatic carbocycles. The molecular weight excluding hydrogens is 396 g/mol. The van der Waals surface area contributed by atoms with E-state index in [-0.39, 0.29) is 0 Å². The van der Waals surface area contributed by atoms with Crippen molar-refractivity contribution in [3.8, 4) is 22.8 Å². The Morgan fingerprint density at radius 2 is 1.58 bits per heavy atom. The predicted molar refractivity (Wildman–Crippen MR) is 119 cm³/mol. The van der Waals surface area contributed by atoms with Crippen molar-refractivity contribution in [2.24, 2.45) is 0 Å². The van der Waals surface area contributed by atoms with Crippen LogP contribution in [0, 0.1) is 0 Å². The van der Waals surface area contributed by atoms with E-state index >= 15 is 0 Å². The first-order valence-electron chi connectivity index (χ1n) is 9.94. The zero-order valence-electron chi connectivity index (χ0n) is 17.3. The van der Waals surface area contributed by atoms with Crippen molar-refractivity contribution < 1.29 is 14.2 Å². The monoisotopic (exact) mass is 418 g/mol. The summed E-state index contributed by atoms with van der Waals surface area (Å²) in [6, 6.07) is 5.74. The van der Waals surface area contributed by atoms with Crippen LogP contribution >= 0.6 is 0 Å². The minimum atomic E-state index is 0.397. The minimum Gasteiger partial charge on any atom is -0.493 e. The van der Waals surface area contributed by atoms with Gasteiger partial charge >= 0.3 is 0 Å². The maximum absolute atomic E-state index is 6.29. The van der Waals surface area contributed by atoms with Crippen LogP contribution in [0.5, 0.6) is 11.5 Å². The molecular formula is C22H22N6O3. The summed E-state index contributed by atoms with van der Waals surface area (Å²) < 4.78 is 16.3. The number of hydrogen-bond donors (Lipinski definition) is 1. The van der Waals surface area contributed by atoms with E-state index in [0.717, 1.165) is 40.3 Å². The van der Waals surface area contributed by atoms with E-state index in [9.17, 15) is 0 Å². The third kappa shape index (κ3) is 3.42. The molecule has 3 aromatic heterocycles. The highest BCUT2D eigenvalue weighted by atomic mass is 16.5. The van der Waals surface area contributed by atoms with Crippen molar-refractivity contribution in [2.75, 3.05) is 51.2 Å². The van der Waals surface area contributed by atoms with Gasteiger partial charge in [0.25, 0.3) is 0 Å². The van der Waals surface area contributed by atoms with E-state index in [1.165, 1.54) is 0 Å². The molecule has 4 aromatic rings. The lowest BCUT2D eigenvalue weighted by Gasteiger charge is -2.26. The number of nitrogen functional groups attached to an aromatic ring is 1. The second kappa shape index (κ2) is 7.84. The van der Waals surface area contributed by atoms with Crippen LogP contribution in [0.2, 0.25) is 0 Å². The lowest BCUT2D eigenvalue weighted by Crippen LogP contribution is -2.37. The Morgan fingerprint density at radius 1 is 0.871 bits per heavy atom. The second-order valence-corrected chi connectivity index (χ2v) is 7.21. The maximum Gasteiger partial charge on any atom is 0.225 e. The van der Waals surface area contributed by atoms with Crippen LogP contribution in [0.25, 0.3) is 32.9 Å². The number of fused-ring (bicyclic) bond motifs is 3. The molecule has 9 heteroatoms. The molecule has 0 atom stereocenters. The zero-order chi connectivity index (χ0) is 21.4. The van der Waals surface area contributed by atoms with Crippen molar-refractivity contribution in [1.29, 1.82) is 0 Å². The van der Waals surface area contributed by atoms with Gasteiger partial charge in [-0.3, -0.25) is 4.98 Å². The van der Waals surface area contributed by atoms with Crippen molar-refractivity contribution in [3.05, 3.63) is 36.8 Å². The van der Waals surface area contributed by atoms with Gasteiger partial charge in [0.1, 0.15) is 5.82 Å². The predicted octanol–water partition coefficient (Wildman–Crippen LogP) is 2.68. The summed E-state index contributed by atoms with van der Waals surface area (Å²) in [5.74, 6) is 2.33. The van der Waals surface area contributed by atoms with E-state index in [1.54, 1.807) is 32.8 Å². The van der Waals surface area contributed by atoms with Crippen LogP contribution in [0.3, 0.4) is 0 Å². The first-order valence-corrected chi connectivity index (χ1v) is 9.94. The fourth-order valence-electron chi connectivity index (χ4n) is 3.79. The average molecular weight is 418 g/mol. The Morgan fingerprint density at radius 3 is 2.29 bits per heavy atom. The Balaban J connectivity index is 1.61. The summed E-state index contributed by atoms with van der Waals surface area (Å²) in [5, 5.41) is 2.59. The number of anilines is 2. The number of aromatic nitrogens is 4. The molecule has 0 unspecified atom stereocenters. The first kappa shape index (κ1) is 19.3. The molecule has 31 heavy (non-hydrogen) atoms. The third-order valence-corrected chi connectivity index (χ3v) is 5.44. The van der Waals surface area contributed by atoms with E-state index in [1.807, 2.05) is 18.2 Å². The fraction of sp³-hybridized carbons (Fsp3) is 0.273. The Labute approximate surface area is 178 Å². The fourth-order valence-corrected chi connectivity index (χ4v) is 3.79. The van der Waals surface area contributed by atoms with Crippen LogP contribution in [0.1, 0.15) is 0 Å². The van der Waals surface area contributed by atoms with Gasteiger partial charge in [-0.05, 0) is 17.5 Å². The average Bonchev–Trinajstić information content (AvgIpc) is 2.83. The van der Waals surface area contributed by atoms with E-state index in [0.29, 0.717) is 42.2 Å². The summed E-state index contributed by atoms with van der Waals surface area (Å²) in [4.78, 5) is 20.3. The van der Waals surface area contributed by atoms with Gasteiger partial charge in [0, 0.05) is 54.1 Å². The molecule has 9 nitrogen and oxygen atoms in total. The molecule has 0 amide bonds. The highest BCUT2D eigenvalue weighted by Gasteiger charge is 2.16. The molecule has 0 bridgehead atoms. The molecule has 1 aliphatic heterocycles. The summed E-state index contributed by atoms with van der Waals surface area (Å²) in [6.07, 6.45) is 5.28. The number of hydrogen-bond acceptors (Lipinski definition) is 9. The number of morpholine rings is 1. The Bertz CT molecular complexity index is 1260. The SMILES string of the molecule is COc1cc2ncc3c(N)nc(-c4cnc(N5CCOCC5)nc4)cc3c2cc1OC. The molecule has 1 fully saturated rings. The van der Waals surface area contributed by atoms with Gasteiger partial charge in [-0.25, -0.2) is 15.0 Å². The molecule has 2 N–H and O–H groups in total. The number of rotatable bonds is 4. The Kier molecular flexibility index (Phi) is 4.87. The number of nitrogens with zero attached hydrogens (tertiary/aromatic N) is 5. The second-order valence-electron chi connectivity index (χ2n) is 7.21. The maximum atomic E-state index is 6.29. The highest BCUT2D eigenvalue weighted by molar-refractivity contribution is 6.10. The molecule has 4 heterocycles. The number of benzene rings is 1. The van der Waals surface area contributed by atoms with Crippen molar-refractivity contribution in [3.63, 3.8) is 0 Å². The molecule has 0 radical (unpaired) electrons. The van der Waals surface area contributed by atoms with Gasteiger partial charge in [-0.1, -0.05) is 0 Å². The summed E-state index contributed by atoms with van der Waals surface area (Å²) in [6.45, 7) is 2.93. The molecule has 0 spiro atoms. The number of pyridine rings is 2. The van der Waals surface area contributed by atoms with Gasteiger partial charge in [0.05, 0.1) is 38.6 Å². The number of methoxy groups -OCH3 is 2. The Hall–Kier alpha value is -3.72. The largest absolute Gasteiger partial charge is 0.493 e. The van der Waals surface area contributed by atoms with Gasteiger partial charge in [-0.2, -0.15) is 0 Å². The van der Waals surface area contributed by atoms with Crippen molar-refractivity contribution >= 4 is 33.4 Å². The van der Waals surface area contributed by atoms with Crippen molar-refractivity contribution in [2.45, 2.75) is 0 Å². The van der Waals surface area contributed by atoms with Crippen LogP contribution in [-0.2, 0) is 4.74 Å². The third-order valence-electron chi connectivity index (χ3n) is 5.44. The van der Waals surface area contributed by atoms with Gasteiger partial charge in [0.15, 0.2) is 11.5 Å². The topological polar surface area (TPSA) is 109 Å². The normalized spacial score (nSPS) is 14.2. The first-order chi connectivity index (χ1) is 15.2. The highest BCUT2D eigenvalue weighted by Crippen LogP contribution is 2.36. The summed E-state index contributed by atoms with van der Waals surface area (Å²) in [7, 11) is 3.21. The minimum absolute atomic E-state index is 0.397. The van der Waals surface area contributed by atoms with Crippen LogP contribution in [-0.4, -0.2) is 60.5 Å². The van der Waals surface area contributed by atoms with Crippen LogP contribution in [0.4, 0.5) is 11.8 Å². The quantitative estimate of drug-likeness (QED) is 0.500. The molecule has 158 valence electrons. The molecule has 1 aromatic carbocycles. The molecule has 1 saturated heterocycles. The number of ether oxygens (including phenoxy) is 3. The smallest absolute Gasteiger partial charge is 0.225 e. The van der Waals surface area contributed by atoms with Gasteiger partial charge < -0.3 is 24.8 Å². The lowest BCUT2D eigenvalue weighted by molar-refractivity contribution is 0.122. The van der Waals surface area contributed by atoms with E-state index < -0.39 is 0 Å². The van der Waals surface area contributed by atoms with Crippen LogP contribution < -0.4 is 20.1 Å². The van der Waals surface area contributed by atoms with Gasteiger partial charge in [0.2, 0.25) is 5.95 Å². The molecule has 5 rings (SSSR count). The zero-order valence-corrected chi connectivity index (χ0v) is 17.3. The lowest BCUT2D eigenvalue weighted by atomic mass is 10.0. The number of nitrogens with two attached hydrogens (primary N) is 1.